The summed E-state index contributed by atoms with van der Waals surface area (Å²) in [7, 11) is 0. The van der Waals surface area contributed by atoms with E-state index in [1.807, 2.05) is 0 Å². The van der Waals surface area contributed by atoms with Crippen molar-refractivity contribution < 1.29 is 29.4 Å². The molecule has 0 aliphatic carbocycles. The van der Waals surface area contributed by atoms with Crippen LogP contribution in [0.1, 0.15) is 41.4 Å². The monoisotopic (exact) mass is 282 g/mol. The molecule has 10 heteroatoms. The second kappa shape index (κ2) is 5.77. The molecule has 0 heterocycles. The first-order chi connectivity index (χ1) is 9.34. The third-order valence-electron chi connectivity index (χ3n) is 2.38. The lowest BCUT2D eigenvalue weighted by atomic mass is 9.94. The van der Waals surface area contributed by atoms with Crippen molar-refractivity contribution in [3.05, 3.63) is 34.4 Å². The topological polar surface area (TPSA) is 185 Å². The molecule has 0 radical (unpaired) electrons. The maximum absolute atomic E-state index is 11.6. The van der Waals surface area contributed by atoms with Gasteiger partial charge >= 0.3 is 11.9 Å². The number of hydrogen-bond acceptors (Lipinski definition) is 6. The molecule has 106 valence electrons. The highest BCUT2D eigenvalue weighted by Gasteiger charge is 2.29. The zero-order chi connectivity index (χ0) is 15.4. The number of nitrogens with two attached hydrogens (primary N) is 2. The molecule has 1 rings (SSSR count). The van der Waals surface area contributed by atoms with Crippen LogP contribution in [0.4, 0.5) is 0 Å². The standard InChI is InChI=1S/C10H10N4O6/c11-13-7(15)3-1-2-4(9(17)18)5(8(16)14-12)6(3)10(19)20/h1-2H,11-12H2,(H,13,15)(H,14,16)(H,17,18)(H,19,20). The number of amides is 2. The van der Waals surface area contributed by atoms with Crippen LogP contribution in [0.5, 0.6) is 0 Å². The molecule has 2 amide bonds. The molecule has 0 spiro atoms. The zero-order valence-electron chi connectivity index (χ0n) is 9.84. The number of aromatic carboxylic acids is 2. The van der Waals surface area contributed by atoms with E-state index >= 15 is 0 Å². The van der Waals surface area contributed by atoms with E-state index in [0.717, 1.165) is 12.1 Å². The van der Waals surface area contributed by atoms with Crippen molar-refractivity contribution in [2.75, 3.05) is 0 Å². The third-order valence-corrected chi connectivity index (χ3v) is 2.38. The van der Waals surface area contributed by atoms with Crippen LogP contribution in [-0.4, -0.2) is 34.0 Å². The van der Waals surface area contributed by atoms with Crippen LogP contribution >= 0.6 is 0 Å². The van der Waals surface area contributed by atoms with Crippen LogP contribution in [-0.2, 0) is 0 Å². The van der Waals surface area contributed by atoms with E-state index in [1.54, 1.807) is 10.9 Å². The SMILES string of the molecule is NNC(=O)c1ccc(C(=O)O)c(C(=O)NN)c1C(=O)O. The number of hydrazine groups is 2. The van der Waals surface area contributed by atoms with E-state index in [4.69, 9.17) is 21.9 Å². The Labute approximate surface area is 111 Å². The number of carbonyl (C=O) groups is 4. The van der Waals surface area contributed by atoms with Gasteiger partial charge in [0, 0.05) is 0 Å². The molecule has 1 aromatic carbocycles. The lowest BCUT2D eigenvalue weighted by molar-refractivity contribution is 0.0681. The van der Waals surface area contributed by atoms with Crippen molar-refractivity contribution in [1.82, 2.24) is 10.9 Å². The van der Waals surface area contributed by atoms with Gasteiger partial charge in [0.2, 0.25) is 0 Å². The van der Waals surface area contributed by atoms with Crippen molar-refractivity contribution in [3.63, 3.8) is 0 Å². The predicted octanol–water partition coefficient (Wildman–Crippen LogP) is -1.71. The first kappa shape index (κ1) is 15.1. The van der Waals surface area contributed by atoms with Crippen molar-refractivity contribution in [2.24, 2.45) is 11.7 Å². The van der Waals surface area contributed by atoms with Gasteiger partial charge in [-0.25, -0.2) is 21.3 Å². The van der Waals surface area contributed by atoms with Crippen molar-refractivity contribution in [2.45, 2.75) is 0 Å². The molecule has 8 N–H and O–H groups in total. The number of rotatable bonds is 4. The molecule has 0 saturated carbocycles. The second-order valence-electron chi connectivity index (χ2n) is 3.47. The highest BCUT2D eigenvalue weighted by Crippen LogP contribution is 2.20. The van der Waals surface area contributed by atoms with E-state index < -0.39 is 46.0 Å². The van der Waals surface area contributed by atoms with Gasteiger partial charge in [0.1, 0.15) is 0 Å². The number of nitrogens with one attached hydrogen (secondary N) is 2. The molecule has 1 aromatic rings. The summed E-state index contributed by atoms with van der Waals surface area (Å²) in [6, 6.07) is 1.84. The number of nitrogen functional groups attached to an aromatic ring is 2. The molecule has 0 aliphatic rings. The Hall–Kier alpha value is -2.98. The lowest BCUT2D eigenvalue weighted by Gasteiger charge is -2.12. The number of benzene rings is 1. The molecule has 20 heavy (non-hydrogen) atoms. The molecule has 0 unspecified atom stereocenters. The molecular formula is C10H10N4O6. The van der Waals surface area contributed by atoms with E-state index in [0.29, 0.717) is 0 Å². The summed E-state index contributed by atoms with van der Waals surface area (Å²) in [4.78, 5) is 45.3. The van der Waals surface area contributed by atoms with Gasteiger partial charge < -0.3 is 10.2 Å². The molecule has 0 saturated heterocycles. The second-order valence-corrected chi connectivity index (χ2v) is 3.47. The number of hydrogen-bond donors (Lipinski definition) is 6. The van der Waals surface area contributed by atoms with E-state index in [-0.39, 0.29) is 0 Å². The summed E-state index contributed by atoms with van der Waals surface area (Å²) in [5.41, 5.74) is 0.692. The minimum atomic E-state index is -1.68. The molecule has 10 nitrogen and oxygen atoms in total. The molecule has 0 aliphatic heterocycles. The number of carbonyl (C=O) groups excluding carboxylic acids is 2. The zero-order valence-corrected chi connectivity index (χ0v) is 9.84. The molecule has 0 atom stereocenters. The Morgan fingerprint density at radius 2 is 1.30 bits per heavy atom. The average Bonchev–Trinajstić information content (AvgIpc) is 2.43. The largest absolute Gasteiger partial charge is 0.478 e. The van der Waals surface area contributed by atoms with Gasteiger partial charge in [-0.2, -0.15) is 0 Å². The fourth-order valence-electron chi connectivity index (χ4n) is 1.58. The van der Waals surface area contributed by atoms with Gasteiger partial charge in [0.15, 0.2) is 0 Å². The van der Waals surface area contributed by atoms with Gasteiger partial charge in [-0.1, -0.05) is 0 Å². The molecule has 0 bridgehead atoms. The van der Waals surface area contributed by atoms with Crippen LogP contribution in [0.3, 0.4) is 0 Å². The molecule has 0 aromatic heterocycles. The van der Waals surface area contributed by atoms with E-state index in [2.05, 4.69) is 0 Å². The van der Waals surface area contributed by atoms with Gasteiger partial charge in [-0.3, -0.25) is 20.4 Å². The average molecular weight is 282 g/mol. The van der Waals surface area contributed by atoms with Crippen LogP contribution in [0, 0.1) is 0 Å². The highest BCUT2D eigenvalue weighted by atomic mass is 16.4. The predicted molar refractivity (Wildman–Crippen MR) is 63.7 cm³/mol. The Balaban J connectivity index is 3.79. The summed E-state index contributed by atoms with van der Waals surface area (Å²) < 4.78 is 0. The fraction of sp³-hybridized carbons (Fsp3) is 0. The Bertz CT molecular complexity index is 612. The first-order valence-electron chi connectivity index (χ1n) is 5.00. The van der Waals surface area contributed by atoms with E-state index in [9.17, 15) is 19.2 Å². The normalized spacial score (nSPS) is 9.70. The van der Waals surface area contributed by atoms with Crippen LogP contribution in [0.15, 0.2) is 12.1 Å². The first-order valence-corrected chi connectivity index (χ1v) is 5.00. The fourth-order valence-corrected chi connectivity index (χ4v) is 1.58. The van der Waals surface area contributed by atoms with Gasteiger partial charge in [-0.15, -0.1) is 0 Å². The number of carboxylic acids is 2. The Morgan fingerprint density at radius 3 is 1.70 bits per heavy atom. The smallest absolute Gasteiger partial charge is 0.337 e. The van der Waals surface area contributed by atoms with E-state index in [1.165, 1.54) is 0 Å². The van der Waals surface area contributed by atoms with Crippen LogP contribution in [0.2, 0.25) is 0 Å². The summed E-state index contributed by atoms with van der Waals surface area (Å²) in [6.07, 6.45) is 0. The van der Waals surface area contributed by atoms with Gasteiger partial charge in [0.05, 0.1) is 22.3 Å². The minimum absolute atomic E-state index is 0.469. The Morgan fingerprint density at radius 1 is 0.800 bits per heavy atom. The molecule has 0 fully saturated rings. The minimum Gasteiger partial charge on any atom is -0.478 e. The van der Waals surface area contributed by atoms with Gasteiger partial charge in [-0.05, 0) is 12.1 Å². The van der Waals surface area contributed by atoms with Crippen molar-refractivity contribution in [1.29, 1.82) is 0 Å². The van der Waals surface area contributed by atoms with Crippen molar-refractivity contribution in [3.8, 4) is 0 Å². The highest BCUT2D eigenvalue weighted by molar-refractivity contribution is 6.16. The maximum atomic E-state index is 11.6. The molecular weight excluding hydrogens is 272 g/mol. The Kier molecular flexibility index (Phi) is 4.35. The summed E-state index contributed by atoms with van der Waals surface area (Å²) in [5, 5.41) is 18.1. The summed E-state index contributed by atoms with van der Waals surface area (Å²) in [6.45, 7) is 0. The van der Waals surface area contributed by atoms with Crippen LogP contribution in [0.25, 0.3) is 0 Å². The number of carboxylic acid groups (broad SMARTS) is 2. The maximum Gasteiger partial charge on any atom is 0.337 e. The van der Waals surface area contributed by atoms with Crippen molar-refractivity contribution >= 4 is 23.8 Å². The van der Waals surface area contributed by atoms with Gasteiger partial charge in [0.25, 0.3) is 11.8 Å². The lowest BCUT2D eigenvalue weighted by Crippen LogP contribution is -2.36. The quantitative estimate of drug-likeness (QED) is 0.214. The summed E-state index contributed by atoms with van der Waals surface area (Å²) in [5.74, 6) is 4.40. The van der Waals surface area contributed by atoms with Crippen LogP contribution < -0.4 is 22.5 Å². The summed E-state index contributed by atoms with van der Waals surface area (Å²) >= 11 is 0. The third kappa shape index (κ3) is 2.55.